The van der Waals surface area contributed by atoms with Crippen LogP contribution in [0, 0.1) is 0 Å². The molecule has 2 N–H and O–H groups in total. The van der Waals surface area contributed by atoms with Gasteiger partial charge in [-0.3, -0.25) is 4.99 Å². The van der Waals surface area contributed by atoms with E-state index in [4.69, 9.17) is 14.2 Å². The third-order valence-electron chi connectivity index (χ3n) is 4.87. The molecule has 3 rings (SSSR count). The summed E-state index contributed by atoms with van der Waals surface area (Å²) in [7, 11) is 5.03. The number of rotatable bonds is 10. The first-order valence-corrected chi connectivity index (χ1v) is 10.5. The number of hydrogen-bond donors (Lipinski definition) is 2. The van der Waals surface area contributed by atoms with Crippen molar-refractivity contribution in [3.05, 3.63) is 83.6 Å². The molecule has 1 aromatic heterocycles. The van der Waals surface area contributed by atoms with Gasteiger partial charge in [-0.2, -0.15) is 0 Å². The van der Waals surface area contributed by atoms with E-state index in [1.165, 1.54) is 0 Å². The Kier molecular flexibility index (Phi) is 11.3. The van der Waals surface area contributed by atoms with Crippen LogP contribution in [-0.4, -0.2) is 38.8 Å². The van der Waals surface area contributed by atoms with E-state index in [0.29, 0.717) is 19.0 Å². The van der Waals surface area contributed by atoms with Gasteiger partial charge in [-0.05, 0) is 41.3 Å². The lowest BCUT2D eigenvalue weighted by Gasteiger charge is -2.13. The topological polar surface area (TPSA) is 77.0 Å². The van der Waals surface area contributed by atoms with Crippen LogP contribution in [0.15, 0.2) is 71.9 Å². The van der Waals surface area contributed by atoms with E-state index in [9.17, 15) is 0 Å². The van der Waals surface area contributed by atoms with Crippen LogP contribution in [0.5, 0.6) is 17.4 Å². The summed E-state index contributed by atoms with van der Waals surface area (Å²) in [6.45, 7) is 1.83. The second-order valence-corrected chi connectivity index (χ2v) is 7.07. The summed E-state index contributed by atoms with van der Waals surface area (Å²) in [6.07, 6.45) is 2.58. The zero-order valence-corrected chi connectivity index (χ0v) is 21.5. The maximum atomic E-state index is 5.81. The van der Waals surface area contributed by atoms with Crippen LogP contribution in [0.3, 0.4) is 0 Å². The minimum atomic E-state index is 0. The molecule has 7 nitrogen and oxygen atoms in total. The standard InChI is InChI=1S/C25H30N4O3.HI/c1-26-25(28-14-11-19-9-10-22(30-2)23(15-19)31-3)29-17-21-12-13-27-24(16-21)32-18-20-7-5-4-6-8-20;/h4-10,12-13,15-16H,11,14,17-18H2,1-3H3,(H2,26,28,29);1H. The Morgan fingerprint density at radius 1 is 0.879 bits per heavy atom. The molecule has 3 aromatic rings. The maximum absolute atomic E-state index is 5.81. The number of aromatic nitrogens is 1. The minimum Gasteiger partial charge on any atom is -0.493 e. The summed E-state index contributed by atoms with van der Waals surface area (Å²) >= 11 is 0. The van der Waals surface area contributed by atoms with E-state index in [2.05, 4.69) is 20.6 Å². The molecule has 0 aliphatic heterocycles. The molecule has 0 radical (unpaired) electrons. The minimum absolute atomic E-state index is 0. The molecule has 1 heterocycles. The van der Waals surface area contributed by atoms with Gasteiger partial charge in [0, 0.05) is 32.4 Å². The van der Waals surface area contributed by atoms with Crippen molar-refractivity contribution in [3.63, 3.8) is 0 Å². The van der Waals surface area contributed by atoms with Crippen LogP contribution >= 0.6 is 24.0 Å². The second-order valence-electron chi connectivity index (χ2n) is 7.07. The molecule has 0 saturated heterocycles. The van der Waals surface area contributed by atoms with Gasteiger partial charge in [-0.15, -0.1) is 24.0 Å². The van der Waals surface area contributed by atoms with Crippen molar-refractivity contribution in [2.24, 2.45) is 4.99 Å². The highest BCUT2D eigenvalue weighted by molar-refractivity contribution is 14.0. The quantitative estimate of drug-likeness (QED) is 0.219. The number of benzene rings is 2. The Labute approximate surface area is 212 Å². The molecule has 0 spiro atoms. The first kappa shape index (κ1) is 26.2. The van der Waals surface area contributed by atoms with Gasteiger partial charge in [0.1, 0.15) is 6.61 Å². The largest absolute Gasteiger partial charge is 0.493 e. The van der Waals surface area contributed by atoms with Crippen LogP contribution < -0.4 is 24.8 Å². The number of ether oxygens (including phenoxy) is 3. The molecule has 33 heavy (non-hydrogen) atoms. The van der Waals surface area contributed by atoms with Gasteiger partial charge in [-0.25, -0.2) is 4.98 Å². The third-order valence-corrected chi connectivity index (χ3v) is 4.87. The fourth-order valence-electron chi connectivity index (χ4n) is 3.14. The zero-order chi connectivity index (χ0) is 22.6. The SMILES string of the molecule is CN=C(NCCc1ccc(OC)c(OC)c1)NCc1ccnc(OCc2ccccc2)c1.I. The summed E-state index contributed by atoms with van der Waals surface area (Å²) < 4.78 is 16.5. The van der Waals surface area contributed by atoms with E-state index in [1.807, 2.05) is 60.7 Å². The number of aliphatic imine (C=N–C) groups is 1. The number of methoxy groups -OCH3 is 2. The lowest BCUT2D eigenvalue weighted by Crippen LogP contribution is -2.37. The lowest BCUT2D eigenvalue weighted by atomic mass is 10.1. The van der Waals surface area contributed by atoms with E-state index < -0.39 is 0 Å². The van der Waals surface area contributed by atoms with Crippen molar-refractivity contribution in [1.29, 1.82) is 0 Å². The number of hydrogen-bond acceptors (Lipinski definition) is 5. The molecular formula is C25H31IN4O3. The highest BCUT2D eigenvalue weighted by Gasteiger charge is 2.06. The molecule has 2 aromatic carbocycles. The van der Waals surface area contributed by atoms with Crippen LogP contribution in [0.2, 0.25) is 0 Å². The molecule has 0 aliphatic carbocycles. The highest BCUT2D eigenvalue weighted by Crippen LogP contribution is 2.27. The molecular weight excluding hydrogens is 531 g/mol. The van der Waals surface area contributed by atoms with Crippen LogP contribution in [0.25, 0.3) is 0 Å². The third kappa shape index (κ3) is 8.45. The summed E-state index contributed by atoms with van der Waals surface area (Å²) in [5.74, 6) is 2.79. The Balaban J connectivity index is 0.00000385. The average Bonchev–Trinajstić information content (AvgIpc) is 2.85. The van der Waals surface area contributed by atoms with E-state index in [-0.39, 0.29) is 24.0 Å². The van der Waals surface area contributed by atoms with E-state index >= 15 is 0 Å². The first-order chi connectivity index (χ1) is 15.7. The summed E-state index contributed by atoms with van der Waals surface area (Å²) in [6, 6.07) is 19.9. The van der Waals surface area contributed by atoms with Gasteiger partial charge in [-0.1, -0.05) is 36.4 Å². The fourth-order valence-corrected chi connectivity index (χ4v) is 3.14. The number of nitrogens with one attached hydrogen (secondary N) is 2. The normalized spacial score (nSPS) is 10.7. The first-order valence-electron chi connectivity index (χ1n) is 10.5. The van der Waals surface area contributed by atoms with Crippen molar-refractivity contribution in [3.8, 4) is 17.4 Å². The number of pyridine rings is 1. The molecule has 0 saturated carbocycles. The highest BCUT2D eigenvalue weighted by atomic mass is 127. The molecule has 0 unspecified atom stereocenters. The van der Waals surface area contributed by atoms with Crippen molar-refractivity contribution in [2.75, 3.05) is 27.8 Å². The summed E-state index contributed by atoms with van der Waals surface area (Å²) in [5.41, 5.74) is 3.32. The van der Waals surface area contributed by atoms with Crippen LogP contribution in [0.4, 0.5) is 0 Å². The smallest absolute Gasteiger partial charge is 0.213 e. The van der Waals surface area contributed by atoms with Crippen molar-refractivity contribution >= 4 is 29.9 Å². The Morgan fingerprint density at radius 2 is 1.67 bits per heavy atom. The molecule has 0 fully saturated rings. The zero-order valence-electron chi connectivity index (χ0n) is 19.2. The Hall–Kier alpha value is -3.01. The number of guanidine groups is 1. The molecule has 176 valence electrons. The van der Waals surface area contributed by atoms with E-state index in [1.54, 1.807) is 27.5 Å². The Morgan fingerprint density at radius 3 is 2.39 bits per heavy atom. The van der Waals surface area contributed by atoms with Crippen LogP contribution in [-0.2, 0) is 19.6 Å². The van der Waals surface area contributed by atoms with Crippen molar-refractivity contribution in [1.82, 2.24) is 15.6 Å². The monoisotopic (exact) mass is 562 g/mol. The lowest BCUT2D eigenvalue weighted by molar-refractivity contribution is 0.293. The number of nitrogens with zero attached hydrogens (tertiary/aromatic N) is 2. The van der Waals surface area contributed by atoms with Crippen molar-refractivity contribution in [2.45, 2.75) is 19.6 Å². The summed E-state index contributed by atoms with van der Waals surface area (Å²) in [4.78, 5) is 8.59. The van der Waals surface area contributed by atoms with E-state index in [0.717, 1.165) is 47.1 Å². The predicted octanol–water partition coefficient (Wildman–Crippen LogP) is 4.20. The second kappa shape index (κ2) is 14.2. The van der Waals surface area contributed by atoms with Gasteiger partial charge in [0.25, 0.3) is 0 Å². The fraction of sp³-hybridized carbons (Fsp3) is 0.280. The molecule has 0 bridgehead atoms. The van der Waals surface area contributed by atoms with Gasteiger partial charge in [0.2, 0.25) is 5.88 Å². The van der Waals surface area contributed by atoms with Crippen LogP contribution in [0.1, 0.15) is 16.7 Å². The maximum Gasteiger partial charge on any atom is 0.213 e. The van der Waals surface area contributed by atoms with Gasteiger partial charge in [0.15, 0.2) is 17.5 Å². The van der Waals surface area contributed by atoms with Gasteiger partial charge in [0.05, 0.1) is 14.2 Å². The van der Waals surface area contributed by atoms with Gasteiger partial charge < -0.3 is 24.8 Å². The van der Waals surface area contributed by atoms with Gasteiger partial charge >= 0.3 is 0 Å². The summed E-state index contributed by atoms with van der Waals surface area (Å²) in [5, 5.41) is 6.66. The molecule has 0 amide bonds. The molecule has 8 heteroatoms. The molecule has 0 atom stereocenters. The Bertz CT molecular complexity index is 1020. The molecule has 0 aliphatic rings. The average molecular weight is 562 g/mol. The van der Waals surface area contributed by atoms with Crippen molar-refractivity contribution < 1.29 is 14.2 Å². The predicted molar refractivity (Wildman–Crippen MR) is 142 cm³/mol. The number of halogens is 1.